The zero-order valence-electron chi connectivity index (χ0n) is 7.95. The fourth-order valence-electron chi connectivity index (χ4n) is 0.889. The summed E-state index contributed by atoms with van der Waals surface area (Å²) in [5, 5.41) is 3.78. The van der Waals surface area contributed by atoms with E-state index < -0.39 is 0 Å². The second-order valence-electron chi connectivity index (χ2n) is 2.87. The van der Waals surface area contributed by atoms with Gasteiger partial charge in [0, 0.05) is 18.0 Å². The molecule has 0 saturated carbocycles. The van der Waals surface area contributed by atoms with E-state index in [9.17, 15) is 0 Å². The molecule has 1 atom stereocenters. The summed E-state index contributed by atoms with van der Waals surface area (Å²) in [6.07, 6.45) is 3.83. The zero-order chi connectivity index (χ0) is 9.68. The van der Waals surface area contributed by atoms with E-state index in [2.05, 4.69) is 23.5 Å². The molecule has 1 heterocycles. The van der Waals surface area contributed by atoms with Gasteiger partial charge in [0.25, 0.3) is 0 Å². The molecule has 0 spiro atoms. The number of aromatic nitrogens is 1. The van der Waals surface area contributed by atoms with Crippen molar-refractivity contribution in [3.8, 4) is 0 Å². The molecule has 0 amide bonds. The molecule has 4 heteroatoms. The van der Waals surface area contributed by atoms with Gasteiger partial charge in [0.15, 0.2) is 0 Å². The molecular formula is C9H15N3S. The SMILES string of the molecule is CSC(C)CNc1ncccc1N. The van der Waals surface area contributed by atoms with Gasteiger partial charge in [-0.2, -0.15) is 11.8 Å². The lowest BCUT2D eigenvalue weighted by atomic mass is 10.4. The first-order valence-corrected chi connectivity index (χ1v) is 5.50. The van der Waals surface area contributed by atoms with Crippen molar-refractivity contribution in [3.05, 3.63) is 18.3 Å². The smallest absolute Gasteiger partial charge is 0.149 e. The summed E-state index contributed by atoms with van der Waals surface area (Å²) >= 11 is 1.82. The normalized spacial score (nSPS) is 12.5. The van der Waals surface area contributed by atoms with Crippen molar-refractivity contribution >= 4 is 23.3 Å². The molecule has 0 fully saturated rings. The summed E-state index contributed by atoms with van der Waals surface area (Å²) in [6, 6.07) is 3.68. The number of anilines is 2. The first-order chi connectivity index (χ1) is 6.24. The third kappa shape index (κ3) is 3.14. The molecule has 0 bridgehead atoms. The Bertz CT molecular complexity index is 265. The minimum atomic E-state index is 0.571. The molecule has 0 aliphatic heterocycles. The number of hydrogen-bond acceptors (Lipinski definition) is 4. The van der Waals surface area contributed by atoms with E-state index in [1.807, 2.05) is 23.9 Å². The van der Waals surface area contributed by atoms with Crippen LogP contribution in [-0.4, -0.2) is 23.0 Å². The molecule has 1 unspecified atom stereocenters. The van der Waals surface area contributed by atoms with Crippen LogP contribution in [0.3, 0.4) is 0 Å². The van der Waals surface area contributed by atoms with Crippen molar-refractivity contribution in [3.63, 3.8) is 0 Å². The van der Waals surface area contributed by atoms with Crippen molar-refractivity contribution in [1.82, 2.24) is 4.98 Å². The highest BCUT2D eigenvalue weighted by atomic mass is 32.2. The Kier molecular flexibility index (Phi) is 3.89. The lowest BCUT2D eigenvalue weighted by Crippen LogP contribution is -2.14. The number of hydrogen-bond donors (Lipinski definition) is 2. The van der Waals surface area contributed by atoms with E-state index >= 15 is 0 Å². The van der Waals surface area contributed by atoms with Crippen molar-refractivity contribution in [2.45, 2.75) is 12.2 Å². The Hall–Kier alpha value is -0.900. The highest BCUT2D eigenvalue weighted by Gasteiger charge is 2.01. The molecule has 0 radical (unpaired) electrons. The molecule has 0 aliphatic rings. The Morgan fingerprint density at radius 3 is 3.08 bits per heavy atom. The minimum Gasteiger partial charge on any atom is -0.396 e. The standard InChI is InChI=1S/C9H15N3S/c1-7(13-2)6-12-9-8(10)4-3-5-11-9/h3-5,7H,6,10H2,1-2H3,(H,11,12). The van der Waals surface area contributed by atoms with Gasteiger partial charge in [-0.3, -0.25) is 0 Å². The number of nitrogen functional groups attached to an aromatic ring is 1. The lowest BCUT2D eigenvalue weighted by molar-refractivity contribution is 0.993. The summed E-state index contributed by atoms with van der Waals surface area (Å²) in [6.45, 7) is 3.05. The number of rotatable bonds is 4. The average molecular weight is 197 g/mol. The van der Waals surface area contributed by atoms with Crippen molar-refractivity contribution in [2.24, 2.45) is 0 Å². The Balaban J connectivity index is 2.50. The molecule has 72 valence electrons. The zero-order valence-corrected chi connectivity index (χ0v) is 8.77. The molecule has 1 aromatic rings. The molecule has 3 N–H and O–H groups in total. The number of nitrogens with one attached hydrogen (secondary N) is 1. The molecular weight excluding hydrogens is 182 g/mol. The van der Waals surface area contributed by atoms with Gasteiger partial charge in [-0.05, 0) is 18.4 Å². The second-order valence-corrected chi connectivity index (χ2v) is 4.14. The predicted octanol–water partition coefficient (Wildman–Crippen LogP) is 1.83. The average Bonchev–Trinajstić information content (AvgIpc) is 2.16. The van der Waals surface area contributed by atoms with E-state index in [0.717, 1.165) is 12.4 Å². The predicted molar refractivity (Wildman–Crippen MR) is 60.1 cm³/mol. The van der Waals surface area contributed by atoms with Gasteiger partial charge in [-0.25, -0.2) is 4.98 Å². The minimum absolute atomic E-state index is 0.571. The summed E-state index contributed by atoms with van der Waals surface area (Å²) in [5.41, 5.74) is 6.42. The monoisotopic (exact) mass is 197 g/mol. The van der Waals surface area contributed by atoms with Gasteiger partial charge in [0.1, 0.15) is 5.82 Å². The van der Waals surface area contributed by atoms with E-state index in [4.69, 9.17) is 5.73 Å². The van der Waals surface area contributed by atoms with Crippen LogP contribution in [-0.2, 0) is 0 Å². The van der Waals surface area contributed by atoms with E-state index in [1.165, 1.54) is 0 Å². The molecule has 0 aromatic carbocycles. The van der Waals surface area contributed by atoms with Crippen LogP contribution in [0, 0.1) is 0 Å². The molecule has 13 heavy (non-hydrogen) atoms. The Labute approximate surface area is 83.1 Å². The van der Waals surface area contributed by atoms with Crippen LogP contribution in [0.4, 0.5) is 11.5 Å². The van der Waals surface area contributed by atoms with Crippen molar-refractivity contribution in [1.29, 1.82) is 0 Å². The van der Waals surface area contributed by atoms with Gasteiger partial charge in [0.05, 0.1) is 5.69 Å². The first kappa shape index (κ1) is 10.2. The molecule has 1 rings (SSSR count). The lowest BCUT2D eigenvalue weighted by Gasteiger charge is -2.11. The molecule has 0 saturated heterocycles. The van der Waals surface area contributed by atoms with E-state index in [0.29, 0.717) is 10.9 Å². The summed E-state index contributed by atoms with van der Waals surface area (Å²) in [4.78, 5) is 4.14. The summed E-state index contributed by atoms with van der Waals surface area (Å²) in [7, 11) is 0. The maximum atomic E-state index is 5.72. The van der Waals surface area contributed by atoms with Crippen molar-refractivity contribution < 1.29 is 0 Å². The highest BCUT2D eigenvalue weighted by molar-refractivity contribution is 7.99. The first-order valence-electron chi connectivity index (χ1n) is 4.21. The number of thioether (sulfide) groups is 1. The van der Waals surface area contributed by atoms with Crippen molar-refractivity contribution in [2.75, 3.05) is 23.9 Å². The maximum absolute atomic E-state index is 5.72. The largest absolute Gasteiger partial charge is 0.396 e. The topological polar surface area (TPSA) is 50.9 Å². The third-order valence-electron chi connectivity index (χ3n) is 1.80. The second kappa shape index (κ2) is 4.97. The number of nitrogens with two attached hydrogens (primary N) is 1. The van der Waals surface area contributed by atoms with Gasteiger partial charge in [-0.1, -0.05) is 6.92 Å². The fourth-order valence-corrected chi connectivity index (χ4v) is 1.14. The summed E-state index contributed by atoms with van der Waals surface area (Å²) in [5.74, 6) is 0.781. The molecule has 0 aliphatic carbocycles. The Morgan fingerprint density at radius 1 is 1.69 bits per heavy atom. The van der Waals surface area contributed by atoms with Crippen LogP contribution in [0.1, 0.15) is 6.92 Å². The Morgan fingerprint density at radius 2 is 2.46 bits per heavy atom. The van der Waals surface area contributed by atoms with Gasteiger partial charge >= 0.3 is 0 Å². The van der Waals surface area contributed by atoms with Gasteiger partial charge in [0.2, 0.25) is 0 Å². The molecule has 1 aromatic heterocycles. The van der Waals surface area contributed by atoms with Gasteiger partial charge in [-0.15, -0.1) is 0 Å². The number of nitrogens with zero attached hydrogens (tertiary/aromatic N) is 1. The third-order valence-corrected chi connectivity index (χ3v) is 2.77. The van der Waals surface area contributed by atoms with Crippen LogP contribution >= 0.6 is 11.8 Å². The van der Waals surface area contributed by atoms with Crippen LogP contribution in [0.2, 0.25) is 0 Å². The van der Waals surface area contributed by atoms with Crippen LogP contribution in [0.15, 0.2) is 18.3 Å². The van der Waals surface area contributed by atoms with E-state index in [1.54, 1.807) is 6.20 Å². The fraction of sp³-hybridized carbons (Fsp3) is 0.444. The number of pyridine rings is 1. The van der Waals surface area contributed by atoms with Gasteiger partial charge < -0.3 is 11.1 Å². The quantitative estimate of drug-likeness (QED) is 0.773. The van der Waals surface area contributed by atoms with E-state index in [-0.39, 0.29) is 0 Å². The van der Waals surface area contributed by atoms with Crippen LogP contribution in [0.25, 0.3) is 0 Å². The van der Waals surface area contributed by atoms with Crippen LogP contribution in [0.5, 0.6) is 0 Å². The maximum Gasteiger partial charge on any atom is 0.149 e. The summed E-state index contributed by atoms with van der Waals surface area (Å²) < 4.78 is 0. The molecule has 3 nitrogen and oxygen atoms in total. The highest BCUT2D eigenvalue weighted by Crippen LogP contribution is 2.14. The van der Waals surface area contributed by atoms with Crippen LogP contribution < -0.4 is 11.1 Å².